The highest BCUT2D eigenvalue weighted by Gasteiger charge is 2.32. The molecule has 0 amide bonds. The summed E-state index contributed by atoms with van der Waals surface area (Å²) in [5.41, 5.74) is 0.850. The second-order valence-corrected chi connectivity index (χ2v) is 4.05. The standard InChI is InChI=1S/C13H14O5/c1-7(14)12-9(6-18-13(12)16)8-3-4-10(15)11(5-8)17-2/h3-5,9,14-15H,6H2,1-2H3/p-1/b12-7+. The third kappa shape index (κ3) is 1.99. The predicted octanol–water partition coefficient (Wildman–Crippen LogP) is 0.675. The van der Waals surface area contributed by atoms with Crippen molar-refractivity contribution in [2.75, 3.05) is 13.7 Å². The zero-order chi connectivity index (χ0) is 13.3. The lowest BCUT2D eigenvalue weighted by molar-refractivity contribution is -0.303. The van der Waals surface area contributed by atoms with E-state index in [9.17, 15) is 15.0 Å². The van der Waals surface area contributed by atoms with Gasteiger partial charge in [0.1, 0.15) is 6.61 Å². The number of carbonyl (C=O) groups excluding carboxylic acids is 1. The molecule has 1 heterocycles. The fourth-order valence-corrected chi connectivity index (χ4v) is 2.03. The zero-order valence-electron chi connectivity index (χ0n) is 10.1. The molecule has 1 aliphatic rings. The minimum Gasteiger partial charge on any atom is -0.875 e. The number of aromatic hydroxyl groups is 1. The Balaban J connectivity index is 2.43. The smallest absolute Gasteiger partial charge is 0.333 e. The Labute approximate surface area is 104 Å². The van der Waals surface area contributed by atoms with Gasteiger partial charge in [0.15, 0.2) is 11.5 Å². The number of carbonyl (C=O) groups is 1. The van der Waals surface area contributed by atoms with E-state index in [1.54, 1.807) is 12.1 Å². The van der Waals surface area contributed by atoms with Crippen LogP contribution in [0.3, 0.4) is 0 Å². The quantitative estimate of drug-likeness (QED) is 0.473. The molecule has 0 spiro atoms. The van der Waals surface area contributed by atoms with Crippen LogP contribution in [0, 0.1) is 0 Å². The fourth-order valence-electron chi connectivity index (χ4n) is 2.03. The monoisotopic (exact) mass is 249 g/mol. The van der Waals surface area contributed by atoms with Crippen LogP contribution in [0.4, 0.5) is 0 Å². The largest absolute Gasteiger partial charge is 0.875 e. The molecule has 1 unspecified atom stereocenters. The van der Waals surface area contributed by atoms with Crippen molar-refractivity contribution in [3.8, 4) is 11.5 Å². The summed E-state index contributed by atoms with van der Waals surface area (Å²) in [7, 11) is 1.44. The van der Waals surface area contributed by atoms with Crippen molar-refractivity contribution >= 4 is 5.97 Å². The highest BCUT2D eigenvalue weighted by atomic mass is 16.5. The number of hydrogen-bond acceptors (Lipinski definition) is 5. The van der Waals surface area contributed by atoms with Gasteiger partial charge in [-0.2, -0.15) is 0 Å². The van der Waals surface area contributed by atoms with Crippen molar-refractivity contribution < 1.29 is 24.5 Å². The number of benzene rings is 1. The van der Waals surface area contributed by atoms with Crippen molar-refractivity contribution in [3.05, 3.63) is 35.1 Å². The molecule has 5 heteroatoms. The number of methoxy groups -OCH3 is 1. The summed E-state index contributed by atoms with van der Waals surface area (Å²) in [5.74, 6) is -0.954. The Morgan fingerprint density at radius 2 is 2.28 bits per heavy atom. The molecule has 96 valence electrons. The number of cyclic esters (lactones) is 1. The summed E-state index contributed by atoms with van der Waals surface area (Å²) in [5, 5.41) is 21.0. The van der Waals surface area contributed by atoms with Gasteiger partial charge < -0.3 is 19.7 Å². The number of esters is 1. The number of phenolic OH excluding ortho intramolecular Hbond substituents is 1. The van der Waals surface area contributed by atoms with Crippen LogP contribution in [-0.2, 0) is 9.53 Å². The summed E-state index contributed by atoms with van der Waals surface area (Å²) in [6, 6.07) is 4.72. The van der Waals surface area contributed by atoms with Crippen LogP contribution in [0.1, 0.15) is 18.4 Å². The van der Waals surface area contributed by atoms with E-state index < -0.39 is 11.9 Å². The first kappa shape index (κ1) is 12.3. The molecular weight excluding hydrogens is 236 g/mol. The van der Waals surface area contributed by atoms with Crippen LogP contribution >= 0.6 is 0 Å². The van der Waals surface area contributed by atoms with Gasteiger partial charge in [-0.15, -0.1) is 5.76 Å². The van der Waals surface area contributed by atoms with Gasteiger partial charge in [-0.05, 0) is 17.7 Å². The second-order valence-electron chi connectivity index (χ2n) is 4.05. The minimum absolute atomic E-state index is 0.0101. The maximum Gasteiger partial charge on any atom is 0.333 e. The van der Waals surface area contributed by atoms with Crippen molar-refractivity contribution in [2.24, 2.45) is 0 Å². The van der Waals surface area contributed by atoms with Crippen molar-refractivity contribution in [3.63, 3.8) is 0 Å². The highest BCUT2D eigenvalue weighted by Crippen LogP contribution is 2.36. The third-order valence-corrected chi connectivity index (χ3v) is 2.93. The van der Waals surface area contributed by atoms with E-state index in [0.717, 1.165) is 0 Å². The summed E-state index contributed by atoms with van der Waals surface area (Å²) in [4.78, 5) is 11.5. The molecule has 1 aliphatic heterocycles. The lowest BCUT2D eigenvalue weighted by Gasteiger charge is -2.15. The van der Waals surface area contributed by atoms with E-state index in [2.05, 4.69) is 0 Å². The van der Waals surface area contributed by atoms with Crippen LogP contribution in [0.2, 0.25) is 0 Å². The lowest BCUT2D eigenvalue weighted by atomic mass is 9.92. The summed E-state index contributed by atoms with van der Waals surface area (Å²) >= 11 is 0. The zero-order valence-corrected chi connectivity index (χ0v) is 10.1. The van der Waals surface area contributed by atoms with Gasteiger partial charge in [-0.1, -0.05) is 13.0 Å². The molecule has 0 radical (unpaired) electrons. The van der Waals surface area contributed by atoms with E-state index in [4.69, 9.17) is 9.47 Å². The predicted molar refractivity (Wildman–Crippen MR) is 61.1 cm³/mol. The van der Waals surface area contributed by atoms with Gasteiger partial charge in [0.05, 0.1) is 7.11 Å². The molecule has 18 heavy (non-hydrogen) atoms. The fraction of sp³-hybridized carbons (Fsp3) is 0.308. The minimum atomic E-state index is -0.570. The van der Waals surface area contributed by atoms with Gasteiger partial charge in [-0.25, -0.2) is 4.79 Å². The van der Waals surface area contributed by atoms with E-state index in [-0.39, 0.29) is 23.7 Å². The number of phenols is 1. The summed E-state index contributed by atoms with van der Waals surface area (Å²) < 4.78 is 9.90. The van der Waals surface area contributed by atoms with Crippen molar-refractivity contribution in [2.45, 2.75) is 12.8 Å². The summed E-state index contributed by atoms with van der Waals surface area (Å²) in [6.45, 7) is 1.48. The Bertz CT molecular complexity index is 514. The Morgan fingerprint density at radius 1 is 1.56 bits per heavy atom. The molecule has 1 atom stereocenters. The third-order valence-electron chi connectivity index (χ3n) is 2.93. The van der Waals surface area contributed by atoms with E-state index in [1.165, 1.54) is 20.1 Å². The SMILES string of the molecule is COc1cc(C2COC(=O)/C2=C(\C)[O-])ccc1O. The number of rotatable bonds is 2. The summed E-state index contributed by atoms with van der Waals surface area (Å²) in [6.07, 6.45) is 0. The van der Waals surface area contributed by atoms with Gasteiger partial charge in [0, 0.05) is 11.5 Å². The van der Waals surface area contributed by atoms with E-state index in [0.29, 0.717) is 11.3 Å². The van der Waals surface area contributed by atoms with Gasteiger partial charge >= 0.3 is 5.97 Å². The molecule has 1 aromatic carbocycles. The number of allylic oxidation sites excluding steroid dienone is 1. The molecule has 2 rings (SSSR count). The van der Waals surface area contributed by atoms with Gasteiger partial charge in [0.2, 0.25) is 0 Å². The molecule has 1 saturated heterocycles. The van der Waals surface area contributed by atoms with Crippen molar-refractivity contribution in [1.29, 1.82) is 0 Å². The van der Waals surface area contributed by atoms with Crippen LogP contribution < -0.4 is 9.84 Å². The molecule has 1 N–H and O–H groups in total. The molecule has 1 aromatic rings. The molecular formula is C13H13O5-. The lowest BCUT2D eigenvalue weighted by Crippen LogP contribution is -2.12. The molecule has 1 fully saturated rings. The maximum atomic E-state index is 11.5. The molecule has 0 aliphatic carbocycles. The molecule has 0 bridgehead atoms. The van der Waals surface area contributed by atoms with Gasteiger partial charge in [0.25, 0.3) is 0 Å². The molecule has 0 saturated carbocycles. The molecule has 0 aromatic heterocycles. The number of hydrogen-bond donors (Lipinski definition) is 1. The first-order valence-electron chi connectivity index (χ1n) is 5.46. The van der Waals surface area contributed by atoms with E-state index >= 15 is 0 Å². The van der Waals surface area contributed by atoms with Crippen LogP contribution in [-0.4, -0.2) is 24.8 Å². The van der Waals surface area contributed by atoms with Crippen LogP contribution in [0.25, 0.3) is 0 Å². The second kappa shape index (κ2) is 4.60. The highest BCUT2D eigenvalue weighted by molar-refractivity contribution is 5.93. The van der Waals surface area contributed by atoms with Gasteiger partial charge in [-0.3, -0.25) is 0 Å². The first-order valence-corrected chi connectivity index (χ1v) is 5.46. The van der Waals surface area contributed by atoms with Crippen LogP contribution in [0.5, 0.6) is 11.5 Å². The Morgan fingerprint density at radius 3 is 2.89 bits per heavy atom. The Hall–Kier alpha value is -2.17. The normalized spacial score (nSPS) is 21.7. The Kier molecular flexibility index (Phi) is 3.14. The average Bonchev–Trinajstić information content (AvgIpc) is 2.72. The van der Waals surface area contributed by atoms with Crippen LogP contribution in [0.15, 0.2) is 29.5 Å². The topological polar surface area (TPSA) is 78.8 Å². The first-order chi connectivity index (χ1) is 8.54. The van der Waals surface area contributed by atoms with Crippen molar-refractivity contribution in [1.82, 2.24) is 0 Å². The molecule has 5 nitrogen and oxygen atoms in total. The maximum absolute atomic E-state index is 11.5. The average molecular weight is 249 g/mol. The number of ether oxygens (including phenoxy) is 2. The van der Waals surface area contributed by atoms with E-state index in [1.807, 2.05) is 0 Å².